The Bertz CT molecular complexity index is 942. The maximum atomic E-state index is 12.7. The van der Waals surface area contributed by atoms with Gasteiger partial charge in [0.15, 0.2) is 0 Å². The summed E-state index contributed by atoms with van der Waals surface area (Å²) in [6, 6.07) is 20.5. The Morgan fingerprint density at radius 3 is 2.29 bits per heavy atom. The Labute approximate surface area is 143 Å². The van der Waals surface area contributed by atoms with Gasteiger partial charge in [-0.1, -0.05) is 62.4 Å². The third-order valence-electron chi connectivity index (χ3n) is 4.41. The van der Waals surface area contributed by atoms with Gasteiger partial charge in [0.1, 0.15) is 0 Å². The smallest absolute Gasteiger partial charge is 0.261 e. The van der Waals surface area contributed by atoms with Crippen LogP contribution in [0.4, 0.5) is 5.69 Å². The van der Waals surface area contributed by atoms with Crippen LogP contribution >= 0.6 is 0 Å². The average molecular weight is 339 g/mol. The van der Waals surface area contributed by atoms with Gasteiger partial charge in [-0.25, -0.2) is 8.42 Å². The molecule has 0 saturated heterocycles. The summed E-state index contributed by atoms with van der Waals surface area (Å²) >= 11 is 0. The Balaban J connectivity index is 1.93. The number of sulfonamides is 1. The van der Waals surface area contributed by atoms with E-state index in [4.69, 9.17) is 0 Å². The number of benzene rings is 3. The standard InChI is InChI=1S/C20H21NO2S/c1-3-15(2)16-11-13-18(14-12-16)24(22,23)21-20-10-6-8-17-7-4-5-9-19(17)20/h4-15,21H,3H2,1-2H3/t15-/m0/s1. The quantitative estimate of drug-likeness (QED) is 0.698. The van der Waals surface area contributed by atoms with E-state index < -0.39 is 10.0 Å². The second kappa shape index (κ2) is 6.65. The van der Waals surface area contributed by atoms with Gasteiger partial charge < -0.3 is 0 Å². The van der Waals surface area contributed by atoms with Gasteiger partial charge in [0, 0.05) is 5.39 Å². The number of hydrogen-bond donors (Lipinski definition) is 1. The van der Waals surface area contributed by atoms with Gasteiger partial charge in [-0.2, -0.15) is 0 Å². The molecule has 1 N–H and O–H groups in total. The fraction of sp³-hybridized carbons (Fsp3) is 0.200. The highest BCUT2D eigenvalue weighted by Crippen LogP contribution is 2.26. The maximum absolute atomic E-state index is 12.7. The zero-order valence-corrected chi connectivity index (χ0v) is 14.7. The van der Waals surface area contributed by atoms with Gasteiger partial charge in [-0.3, -0.25) is 4.72 Å². The molecule has 0 bridgehead atoms. The van der Waals surface area contributed by atoms with E-state index in [1.54, 1.807) is 18.2 Å². The van der Waals surface area contributed by atoms with Crippen LogP contribution in [0.25, 0.3) is 10.8 Å². The van der Waals surface area contributed by atoms with E-state index in [-0.39, 0.29) is 4.90 Å². The molecule has 3 aromatic rings. The molecule has 0 spiro atoms. The van der Waals surface area contributed by atoms with Crippen LogP contribution in [0, 0.1) is 0 Å². The Morgan fingerprint density at radius 1 is 0.917 bits per heavy atom. The number of fused-ring (bicyclic) bond motifs is 1. The molecular formula is C20H21NO2S. The molecule has 0 aliphatic heterocycles. The molecular weight excluding hydrogens is 318 g/mol. The van der Waals surface area contributed by atoms with Gasteiger partial charge in [-0.05, 0) is 41.5 Å². The summed E-state index contributed by atoms with van der Waals surface area (Å²) in [6.45, 7) is 4.26. The second-order valence-corrected chi connectivity index (χ2v) is 7.69. The maximum Gasteiger partial charge on any atom is 0.261 e. The van der Waals surface area contributed by atoms with Crippen LogP contribution in [0.2, 0.25) is 0 Å². The van der Waals surface area contributed by atoms with Crippen LogP contribution in [-0.2, 0) is 10.0 Å². The first kappa shape index (κ1) is 16.5. The van der Waals surface area contributed by atoms with Crippen molar-refractivity contribution in [3.05, 3.63) is 72.3 Å². The van der Waals surface area contributed by atoms with Crippen LogP contribution in [0.3, 0.4) is 0 Å². The minimum absolute atomic E-state index is 0.280. The largest absolute Gasteiger partial charge is 0.279 e. The van der Waals surface area contributed by atoms with Crippen LogP contribution in [-0.4, -0.2) is 8.42 Å². The van der Waals surface area contributed by atoms with Crippen molar-refractivity contribution < 1.29 is 8.42 Å². The first-order valence-corrected chi connectivity index (χ1v) is 9.60. The molecule has 1 atom stereocenters. The minimum atomic E-state index is -3.60. The molecule has 124 valence electrons. The van der Waals surface area contributed by atoms with E-state index in [0.717, 1.165) is 22.8 Å². The van der Waals surface area contributed by atoms with E-state index in [1.807, 2.05) is 48.5 Å². The van der Waals surface area contributed by atoms with Crippen LogP contribution < -0.4 is 4.72 Å². The van der Waals surface area contributed by atoms with E-state index in [1.165, 1.54) is 0 Å². The van der Waals surface area contributed by atoms with Crippen molar-refractivity contribution in [1.29, 1.82) is 0 Å². The van der Waals surface area contributed by atoms with Gasteiger partial charge in [0.05, 0.1) is 10.6 Å². The van der Waals surface area contributed by atoms with E-state index in [0.29, 0.717) is 11.6 Å². The highest BCUT2D eigenvalue weighted by Gasteiger charge is 2.16. The van der Waals surface area contributed by atoms with Gasteiger partial charge in [-0.15, -0.1) is 0 Å². The lowest BCUT2D eigenvalue weighted by Crippen LogP contribution is -2.13. The van der Waals surface area contributed by atoms with Crippen LogP contribution in [0.1, 0.15) is 31.7 Å². The van der Waals surface area contributed by atoms with Crippen molar-refractivity contribution in [1.82, 2.24) is 0 Å². The summed E-state index contributed by atoms with van der Waals surface area (Å²) in [5.41, 5.74) is 1.75. The number of hydrogen-bond acceptors (Lipinski definition) is 2. The summed E-state index contributed by atoms with van der Waals surface area (Å²) in [5.74, 6) is 0.424. The molecule has 3 nitrogen and oxygen atoms in total. The van der Waals surface area contributed by atoms with Gasteiger partial charge >= 0.3 is 0 Å². The summed E-state index contributed by atoms with van der Waals surface area (Å²) in [6.07, 6.45) is 1.03. The molecule has 0 aromatic heterocycles. The van der Waals surface area contributed by atoms with Gasteiger partial charge in [0.2, 0.25) is 0 Å². The lowest BCUT2D eigenvalue weighted by atomic mass is 9.99. The SMILES string of the molecule is CC[C@H](C)c1ccc(S(=O)(=O)Nc2cccc3ccccc23)cc1. The topological polar surface area (TPSA) is 46.2 Å². The minimum Gasteiger partial charge on any atom is -0.279 e. The number of anilines is 1. The summed E-state index contributed by atoms with van der Waals surface area (Å²) in [4.78, 5) is 0.280. The normalized spacial score (nSPS) is 12.9. The highest BCUT2D eigenvalue weighted by atomic mass is 32.2. The summed E-state index contributed by atoms with van der Waals surface area (Å²) in [7, 11) is -3.60. The molecule has 0 saturated carbocycles. The fourth-order valence-corrected chi connectivity index (χ4v) is 3.81. The van der Waals surface area contributed by atoms with Crippen molar-refractivity contribution in [2.45, 2.75) is 31.1 Å². The Hall–Kier alpha value is -2.33. The molecule has 0 heterocycles. The van der Waals surface area contributed by atoms with Gasteiger partial charge in [0.25, 0.3) is 10.0 Å². The highest BCUT2D eigenvalue weighted by molar-refractivity contribution is 7.92. The zero-order chi connectivity index (χ0) is 17.2. The fourth-order valence-electron chi connectivity index (χ4n) is 2.73. The van der Waals surface area contributed by atoms with Crippen LogP contribution in [0.15, 0.2) is 71.6 Å². The van der Waals surface area contributed by atoms with Crippen molar-refractivity contribution in [3.8, 4) is 0 Å². The predicted molar refractivity (Wildman–Crippen MR) is 99.9 cm³/mol. The molecule has 3 rings (SSSR count). The molecule has 3 aromatic carbocycles. The zero-order valence-electron chi connectivity index (χ0n) is 13.9. The molecule has 0 aliphatic carbocycles. The molecule has 0 amide bonds. The van der Waals surface area contributed by atoms with E-state index >= 15 is 0 Å². The lowest BCUT2D eigenvalue weighted by Gasteiger charge is -2.12. The first-order valence-electron chi connectivity index (χ1n) is 8.12. The first-order chi connectivity index (χ1) is 11.5. The molecule has 0 fully saturated rings. The van der Waals surface area contributed by atoms with Crippen LogP contribution in [0.5, 0.6) is 0 Å². The number of nitrogens with one attached hydrogen (secondary N) is 1. The third kappa shape index (κ3) is 3.29. The summed E-state index contributed by atoms with van der Waals surface area (Å²) in [5, 5.41) is 1.89. The molecule has 0 aliphatic rings. The Kier molecular flexibility index (Phi) is 4.58. The number of rotatable bonds is 5. The summed E-state index contributed by atoms with van der Waals surface area (Å²) < 4.78 is 28.1. The average Bonchev–Trinajstić information content (AvgIpc) is 2.61. The molecule has 24 heavy (non-hydrogen) atoms. The predicted octanol–water partition coefficient (Wildman–Crippen LogP) is 5.15. The van der Waals surface area contributed by atoms with Crippen molar-refractivity contribution in [3.63, 3.8) is 0 Å². The monoisotopic (exact) mass is 339 g/mol. The second-order valence-electron chi connectivity index (χ2n) is 6.01. The van der Waals surface area contributed by atoms with Crippen molar-refractivity contribution >= 4 is 26.5 Å². The molecule has 0 unspecified atom stereocenters. The van der Waals surface area contributed by atoms with Crippen molar-refractivity contribution in [2.75, 3.05) is 4.72 Å². The third-order valence-corrected chi connectivity index (χ3v) is 5.79. The molecule has 0 radical (unpaired) electrons. The van der Waals surface area contributed by atoms with E-state index in [2.05, 4.69) is 18.6 Å². The lowest BCUT2D eigenvalue weighted by molar-refractivity contribution is 0.601. The van der Waals surface area contributed by atoms with E-state index in [9.17, 15) is 8.42 Å². The van der Waals surface area contributed by atoms with Crippen molar-refractivity contribution in [2.24, 2.45) is 0 Å². The Morgan fingerprint density at radius 2 is 1.58 bits per heavy atom. The molecule has 4 heteroatoms.